The Hall–Kier alpha value is -2.65. The highest BCUT2D eigenvalue weighted by atomic mass is 79.9. The van der Waals surface area contributed by atoms with E-state index in [4.69, 9.17) is 4.74 Å². The van der Waals surface area contributed by atoms with E-state index in [1.54, 1.807) is 25.3 Å². The van der Waals surface area contributed by atoms with Gasteiger partial charge in [0, 0.05) is 31.1 Å². The fourth-order valence-corrected chi connectivity index (χ4v) is 4.36. The summed E-state index contributed by atoms with van der Waals surface area (Å²) in [4.78, 5) is 23.8. The van der Waals surface area contributed by atoms with Crippen molar-refractivity contribution in [3.8, 4) is 11.4 Å². The highest BCUT2D eigenvalue weighted by Gasteiger charge is 2.17. The monoisotopic (exact) mass is 502 g/mol. The number of hydrogen-bond donors (Lipinski definition) is 1. The van der Waals surface area contributed by atoms with Gasteiger partial charge in [0.1, 0.15) is 11.6 Å². The smallest absolute Gasteiger partial charge is 0.216 e. The zero-order valence-electron chi connectivity index (χ0n) is 17.3. The average Bonchev–Trinajstić information content (AvgIpc) is 3.18. The molecule has 2 aromatic carbocycles. The van der Waals surface area contributed by atoms with Crippen LogP contribution in [0.25, 0.3) is 5.69 Å². The lowest BCUT2D eigenvalue weighted by molar-refractivity contribution is -0.118. The quantitative estimate of drug-likeness (QED) is 0.255. The number of rotatable bonds is 10. The third kappa shape index (κ3) is 6.18. The first-order valence-corrected chi connectivity index (χ1v) is 11.5. The Bertz CT molecular complexity index is 1060. The number of carbonyl (C=O) groups is 2. The van der Waals surface area contributed by atoms with Crippen LogP contribution in [0.15, 0.2) is 58.2 Å². The molecular formula is C22H23BrN4O3S. The first-order chi connectivity index (χ1) is 15.0. The molecule has 1 heterocycles. The topological polar surface area (TPSA) is 86.1 Å². The van der Waals surface area contributed by atoms with Crippen LogP contribution in [0.3, 0.4) is 0 Å². The number of carbonyl (C=O) groups excluding carboxylic acids is 2. The lowest BCUT2D eigenvalue weighted by Crippen LogP contribution is -2.21. The minimum Gasteiger partial charge on any atom is -0.496 e. The largest absolute Gasteiger partial charge is 0.496 e. The Morgan fingerprint density at radius 1 is 1.16 bits per heavy atom. The lowest BCUT2D eigenvalue weighted by Gasteiger charge is -2.10. The van der Waals surface area contributed by atoms with Gasteiger partial charge < -0.3 is 10.1 Å². The molecule has 1 aromatic heterocycles. The zero-order chi connectivity index (χ0) is 22.2. The molecule has 0 spiro atoms. The minimum atomic E-state index is -0.0514. The van der Waals surface area contributed by atoms with Gasteiger partial charge in [0.15, 0.2) is 10.9 Å². The summed E-state index contributed by atoms with van der Waals surface area (Å²) in [6, 6.07) is 15.1. The van der Waals surface area contributed by atoms with Gasteiger partial charge in [0.05, 0.1) is 17.3 Å². The fourth-order valence-electron chi connectivity index (χ4n) is 2.96. The molecule has 0 atom stereocenters. The first kappa shape index (κ1) is 23.0. The molecule has 1 N–H and O–H groups in total. The van der Waals surface area contributed by atoms with Gasteiger partial charge in [-0.1, -0.05) is 30.0 Å². The summed E-state index contributed by atoms with van der Waals surface area (Å²) >= 11 is 4.77. The Morgan fingerprint density at radius 2 is 1.94 bits per heavy atom. The van der Waals surface area contributed by atoms with Gasteiger partial charge in [-0.2, -0.15) is 0 Å². The molecule has 3 rings (SSSR count). The molecule has 7 nitrogen and oxygen atoms in total. The Kier molecular flexibility index (Phi) is 8.25. The highest BCUT2D eigenvalue weighted by molar-refractivity contribution is 9.10. The van der Waals surface area contributed by atoms with Crippen molar-refractivity contribution in [1.29, 1.82) is 0 Å². The summed E-state index contributed by atoms with van der Waals surface area (Å²) in [5.74, 6) is 1.64. The third-order valence-corrected chi connectivity index (χ3v) is 6.02. The second-order valence-electron chi connectivity index (χ2n) is 6.72. The number of Topliss-reactive ketones (excluding diaryl/α,β-unsaturated/α-hetero) is 1. The van der Waals surface area contributed by atoms with Gasteiger partial charge in [0.25, 0.3) is 0 Å². The van der Waals surface area contributed by atoms with Gasteiger partial charge in [-0.25, -0.2) is 0 Å². The molecule has 0 aliphatic heterocycles. The van der Waals surface area contributed by atoms with Crippen LogP contribution in [0.4, 0.5) is 0 Å². The Balaban J connectivity index is 1.75. The molecule has 0 aliphatic rings. The fraction of sp³-hybridized carbons (Fsp3) is 0.273. The number of ketones is 1. The molecule has 3 aromatic rings. The molecule has 0 bridgehead atoms. The van der Waals surface area contributed by atoms with E-state index in [9.17, 15) is 9.59 Å². The Labute approximate surface area is 193 Å². The van der Waals surface area contributed by atoms with E-state index in [0.29, 0.717) is 29.4 Å². The van der Waals surface area contributed by atoms with Crippen LogP contribution in [0.5, 0.6) is 5.75 Å². The maximum Gasteiger partial charge on any atom is 0.216 e. The predicted molar refractivity (Wildman–Crippen MR) is 124 cm³/mol. The van der Waals surface area contributed by atoms with Crippen molar-refractivity contribution < 1.29 is 14.3 Å². The van der Waals surface area contributed by atoms with Gasteiger partial charge in [-0.15, -0.1) is 10.2 Å². The summed E-state index contributed by atoms with van der Waals surface area (Å²) in [6.07, 6.45) is 1.40. The highest BCUT2D eigenvalue weighted by Crippen LogP contribution is 2.27. The number of hydrogen-bond acceptors (Lipinski definition) is 6. The molecule has 0 unspecified atom stereocenters. The number of aromatic nitrogens is 3. The van der Waals surface area contributed by atoms with Crippen LogP contribution in [0.2, 0.25) is 0 Å². The normalized spacial score (nSPS) is 10.7. The number of aryl methyl sites for hydroxylation is 1. The van der Waals surface area contributed by atoms with Gasteiger partial charge in [0.2, 0.25) is 5.91 Å². The number of benzene rings is 2. The SMILES string of the molecule is COc1ccc(C(=O)CSc2nnc(CCCNC(C)=O)n2-c2ccccc2)cc1Br. The van der Waals surface area contributed by atoms with Gasteiger partial charge in [-0.3, -0.25) is 14.2 Å². The second-order valence-corrected chi connectivity index (χ2v) is 8.51. The van der Waals surface area contributed by atoms with E-state index >= 15 is 0 Å². The number of ether oxygens (including phenoxy) is 1. The molecule has 162 valence electrons. The number of amides is 1. The number of methoxy groups -OCH3 is 1. The van der Waals surface area contributed by atoms with Crippen LogP contribution in [0, 0.1) is 0 Å². The van der Waals surface area contributed by atoms with Crippen LogP contribution in [-0.4, -0.2) is 45.9 Å². The number of nitrogens with zero attached hydrogens (tertiary/aromatic N) is 3. The van der Waals surface area contributed by atoms with Gasteiger partial charge in [-0.05, 0) is 52.7 Å². The molecule has 0 radical (unpaired) electrons. The van der Waals surface area contributed by atoms with Crippen molar-refractivity contribution in [3.63, 3.8) is 0 Å². The van der Waals surface area contributed by atoms with E-state index in [2.05, 4.69) is 31.4 Å². The standard InChI is InChI=1S/C22H23BrN4O3S/c1-15(28)24-12-6-9-21-25-26-22(27(21)17-7-4-3-5-8-17)31-14-19(29)16-10-11-20(30-2)18(23)13-16/h3-5,7-8,10-11,13H,6,9,12,14H2,1-2H3,(H,24,28). The van der Waals surface area contributed by atoms with Crippen molar-refractivity contribution >= 4 is 39.4 Å². The minimum absolute atomic E-state index is 0.0110. The van der Waals surface area contributed by atoms with Crippen molar-refractivity contribution in [2.45, 2.75) is 24.9 Å². The lowest BCUT2D eigenvalue weighted by atomic mass is 10.1. The number of nitrogens with one attached hydrogen (secondary N) is 1. The molecule has 0 saturated heterocycles. The van der Waals surface area contributed by atoms with Crippen molar-refractivity contribution in [2.75, 3.05) is 19.4 Å². The van der Waals surface area contributed by atoms with Crippen LogP contribution in [0.1, 0.15) is 29.5 Å². The van der Waals surface area contributed by atoms with Crippen LogP contribution in [-0.2, 0) is 11.2 Å². The number of para-hydroxylation sites is 1. The summed E-state index contributed by atoms with van der Waals surface area (Å²) in [5, 5.41) is 12.1. The first-order valence-electron chi connectivity index (χ1n) is 9.73. The van der Waals surface area contributed by atoms with Crippen molar-refractivity contribution in [3.05, 3.63) is 64.4 Å². The summed E-state index contributed by atoms with van der Waals surface area (Å²) < 4.78 is 7.93. The van der Waals surface area contributed by atoms with Gasteiger partial charge >= 0.3 is 0 Å². The molecule has 1 amide bonds. The zero-order valence-corrected chi connectivity index (χ0v) is 19.7. The van der Waals surface area contributed by atoms with E-state index in [1.807, 2.05) is 34.9 Å². The maximum absolute atomic E-state index is 12.7. The molecule has 9 heteroatoms. The molecular weight excluding hydrogens is 480 g/mol. The van der Waals surface area contributed by atoms with Crippen molar-refractivity contribution in [2.24, 2.45) is 0 Å². The van der Waals surface area contributed by atoms with E-state index in [-0.39, 0.29) is 17.4 Å². The maximum atomic E-state index is 12.7. The summed E-state index contributed by atoms with van der Waals surface area (Å²) in [7, 11) is 1.58. The van der Waals surface area contributed by atoms with E-state index < -0.39 is 0 Å². The molecule has 31 heavy (non-hydrogen) atoms. The van der Waals surface area contributed by atoms with Crippen LogP contribution >= 0.6 is 27.7 Å². The molecule has 0 fully saturated rings. The number of halogens is 1. The second kappa shape index (κ2) is 11.1. The number of thioether (sulfide) groups is 1. The van der Waals surface area contributed by atoms with Crippen LogP contribution < -0.4 is 10.1 Å². The van der Waals surface area contributed by atoms with Crippen molar-refractivity contribution in [1.82, 2.24) is 20.1 Å². The molecule has 0 saturated carbocycles. The summed E-state index contributed by atoms with van der Waals surface area (Å²) in [6.45, 7) is 2.07. The average molecular weight is 503 g/mol. The summed E-state index contributed by atoms with van der Waals surface area (Å²) in [5.41, 5.74) is 1.53. The van der Waals surface area contributed by atoms with E-state index in [0.717, 1.165) is 22.4 Å². The predicted octanol–water partition coefficient (Wildman–Crippen LogP) is 4.08. The van der Waals surface area contributed by atoms with E-state index in [1.165, 1.54) is 18.7 Å². The Morgan fingerprint density at radius 3 is 2.61 bits per heavy atom. The molecule has 0 aliphatic carbocycles. The third-order valence-electron chi connectivity index (χ3n) is 4.47.